The Morgan fingerprint density at radius 1 is 1.53 bits per heavy atom. The number of hydrogen-bond donors (Lipinski definition) is 0. The minimum atomic E-state index is -0.321. The van der Waals surface area contributed by atoms with Crippen molar-refractivity contribution >= 4 is 5.97 Å². The lowest BCUT2D eigenvalue weighted by Gasteiger charge is -2.34. The number of carbonyl (C=O) groups is 1. The Morgan fingerprint density at radius 3 is 3.00 bits per heavy atom. The number of furan rings is 1. The largest absolute Gasteiger partial charge is 0.465 e. The number of esters is 1. The van der Waals surface area contributed by atoms with Gasteiger partial charge < -0.3 is 9.15 Å². The third-order valence-corrected chi connectivity index (χ3v) is 3.95. The molecule has 4 nitrogen and oxygen atoms in total. The van der Waals surface area contributed by atoms with E-state index in [0.29, 0.717) is 17.4 Å². The Kier molecular flexibility index (Phi) is 4.64. The van der Waals surface area contributed by atoms with Crippen LogP contribution in [0.4, 0.5) is 0 Å². The second kappa shape index (κ2) is 6.24. The smallest absolute Gasteiger partial charge is 0.341 e. The third kappa shape index (κ3) is 3.18. The first-order chi connectivity index (χ1) is 9.15. The van der Waals surface area contributed by atoms with Crippen molar-refractivity contribution in [2.75, 3.05) is 13.7 Å². The molecule has 0 aromatic carbocycles. The topological polar surface area (TPSA) is 42.7 Å². The summed E-state index contributed by atoms with van der Waals surface area (Å²) in [6, 6.07) is 2.46. The lowest BCUT2D eigenvalue weighted by molar-refractivity contribution is 0.0599. The van der Waals surface area contributed by atoms with Crippen LogP contribution >= 0.6 is 0 Å². The standard InChI is InChI=1S/C15H23NO3/c1-4-12-7-5-6-8-16(12)10-13-9-14(11(2)19-13)15(17)18-3/h9,12H,4-8,10H2,1-3H3. The van der Waals surface area contributed by atoms with Gasteiger partial charge in [-0.3, -0.25) is 4.90 Å². The Morgan fingerprint density at radius 2 is 2.32 bits per heavy atom. The molecule has 0 amide bonds. The number of likely N-dealkylation sites (tertiary alicyclic amines) is 1. The summed E-state index contributed by atoms with van der Waals surface area (Å²) in [7, 11) is 1.40. The van der Waals surface area contributed by atoms with Crippen LogP contribution in [0.1, 0.15) is 54.5 Å². The summed E-state index contributed by atoms with van der Waals surface area (Å²) in [6.45, 7) is 5.95. The van der Waals surface area contributed by atoms with Gasteiger partial charge in [0.05, 0.1) is 13.7 Å². The molecule has 1 aromatic heterocycles. The SMILES string of the molecule is CCC1CCCCN1Cc1cc(C(=O)OC)c(C)o1. The lowest BCUT2D eigenvalue weighted by atomic mass is 10.00. The van der Waals surface area contributed by atoms with E-state index in [9.17, 15) is 4.79 Å². The molecule has 0 radical (unpaired) electrons. The van der Waals surface area contributed by atoms with Gasteiger partial charge in [-0.15, -0.1) is 0 Å². The van der Waals surface area contributed by atoms with Gasteiger partial charge in [0.25, 0.3) is 0 Å². The molecule has 0 saturated carbocycles. The highest BCUT2D eigenvalue weighted by Crippen LogP contribution is 2.24. The average Bonchev–Trinajstić information content (AvgIpc) is 2.79. The molecule has 0 N–H and O–H groups in total. The quantitative estimate of drug-likeness (QED) is 0.784. The van der Waals surface area contributed by atoms with Gasteiger partial charge in [0.15, 0.2) is 0 Å². The number of nitrogens with zero attached hydrogens (tertiary/aromatic N) is 1. The molecule has 1 aliphatic heterocycles. The fourth-order valence-electron chi connectivity index (χ4n) is 2.86. The van der Waals surface area contributed by atoms with E-state index in [1.807, 2.05) is 13.0 Å². The number of aryl methyl sites for hydroxylation is 1. The first-order valence-electron chi connectivity index (χ1n) is 7.07. The van der Waals surface area contributed by atoms with Crippen LogP contribution in [0.3, 0.4) is 0 Å². The van der Waals surface area contributed by atoms with Crippen LogP contribution in [-0.4, -0.2) is 30.6 Å². The van der Waals surface area contributed by atoms with Crippen molar-refractivity contribution in [3.05, 3.63) is 23.2 Å². The molecule has 0 spiro atoms. The van der Waals surface area contributed by atoms with E-state index in [2.05, 4.69) is 11.8 Å². The maximum Gasteiger partial charge on any atom is 0.341 e. The molecule has 1 fully saturated rings. The molecule has 19 heavy (non-hydrogen) atoms. The molecule has 0 bridgehead atoms. The minimum Gasteiger partial charge on any atom is -0.465 e. The Balaban J connectivity index is 2.08. The van der Waals surface area contributed by atoms with E-state index in [1.54, 1.807) is 0 Å². The maximum atomic E-state index is 11.6. The predicted octanol–water partition coefficient (Wildman–Crippen LogP) is 3.14. The zero-order valence-corrected chi connectivity index (χ0v) is 12.1. The highest BCUT2D eigenvalue weighted by molar-refractivity contribution is 5.90. The number of ether oxygens (including phenoxy) is 1. The van der Waals surface area contributed by atoms with Crippen molar-refractivity contribution in [2.45, 2.75) is 52.1 Å². The summed E-state index contributed by atoms with van der Waals surface area (Å²) >= 11 is 0. The van der Waals surface area contributed by atoms with Crippen molar-refractivity contribution in [1.29, 1.82) is 0 Å². The Labute approximate surface area is 114 Å². The second-order valence-electron chi connectivity index (χ2n) is 5.20. The maximum absolute atomic E-state index is 11.6. The molecule has 1 atom stereocenters. The van der Waals surface area contributed by atoms with Crippen LogP contribution < -0.4 is 0 Å². The molecule has 4 heteroatoms. The van der Waals surface area contributed by atoms with Crippen molar-refractivity contribution in [3.8, 4) is 0 Å². The zero-order chi connectivity index (χ0) is 13.8. The first-order valence-corrected chi connectivity index (χ1v) is 7.07. The minimum absolute atomic E-state index is 0.321. The fourth-order valence-corrected chi connectivity index (χ4v) is 2.86. The fraction of sp³-hybridized carbons (Fsp3) is 0.667. The van der Waals surface area contributed by atoms with Gasteiger partial charge >= 0.3 is 5.97 Å². The highest BCUT2D eigenvalue weighted by Gasteiger charge is 2.23. The summed E-state index contributed by atoms with van der Waals surface area (Å²) in [5.74, 6) is 1.18. The van der Waals surface area contributed by atoms with E-state index in [0.717, 1.165) is 18.8 Å². The van der Waals surface area contributed by atoms with Crippen LogP contribution in [0.2, 0.25) is 0 Å². The van der Waals surface area contributed by atoms with Gasteiger partial charge in [-0.25, -0.2) is 4.79 Å². The van der Waals surface area contributed by atoms with Crippen LogP contribution in [0, 0.1) is 6.92 Å². The molecule has 1 aromatic rings. The lowest BCUT2D eigenvalue weighted by Crippen LogP contribution is -2.38. The third-order valence-electron chi connectivity index (χ3n) is 3.95. The molecular formula is C15H23NO3. The summed E-state index contributed by atoms with van der Waals surface area (Å²) < 4.78 is 10.4. The molecular weight excluding hydrogens is 242 g/mol. The van der Waals surface area contributed by atoms with Gasteiger partial charge in [-0.05, 0) is 38.8 Å². The first kappa shape index (κ1) is 14.1. The van der Waals surface area contributed by atoms with E-state index < -0.39 is 0 Å². The molecule has 0 aliphatic carbocycles. The molecule has 1 unspecified atom stereocenters. The number of methoxy groups -OCH3 is 1. The summed E-state index contributed by atoms with van der Waals surface area (Å²) in [6.07, 6.45) is 5.00. The number of carbonyl (C=O) groups excluding carboxylic acids is 1. The Hall–Kier alpha value is -1.29. The summed E-state index contributed by atoms with van der Waals surface area (Å²) in [5.41, 5.74) is 0.544. The Bertz CT molecular complexity index is 439. The normalized spacial score (nSPS) is 20.5. The number of rotatable bonds is 4. The van der Waals surface area contributed by atoms with E-state index in [4.69, 9.17) is 9.15 Å². The molecule has 106 valence electrons. The summed E-state index contributed by atoms with van der Waals surface area (Å²) in [4.78, 5) is 14.0. The van der Waals surface area contributed by atoms with E-state index in [1.165, 1.54) is 32.8 Å². The average molecular weight is 265 g/mol. The number of piperidine rings is 1. The van der Waals surface area contributed by atoms with Crippen molar-refractivity contribution in [1.82, 2.24) is 4.90 Å². The van der Waals surface area contributed by atoms with Crippen LogP contribution in [0.25, 0.3) is 0 Å². The van der Waals surface area contributed by atoms with Crippen LogP contribution in [0.15, 0.2) is 10.5 Å². The van der Waals surface area contributed by atoms with Gasteiger partial charge in [0.1, 0.15) is 17.1 Å². The zero-order valence-electron chi connectivity index (χ0n) is 12.1. The second-order valence-corrected chi connectivity index (χ2v) is 5.20. The highest BCUT2D eigenvalue weighted by atomic mass is 16.5. The summed E-state index contributed by atoms with van der Waals surface area (Å²) in [5, 5.41) is 0. The van der Waals surface area contributed by atoms with Crippen LogP contribution in [-0.2, 0) is 11.3 Å². The van der Waals surface area contributed by atoms with Gasteiger partial charge in [-0.2, -0.15) is 0 Å². The van der Waals surface area contributed by atoms with E-state index in [-0.39, 0.29) is 5.97 Å². The van der Waals surface area contributed by atoms with Crippen molar-refractivity contribution in [2.24, 2.45) is 0 Å². The molecule has 1 aliphatic rings. The van der Waals surface area contributed by atoms with Gasteiger partial charge in [0.2, 0.25) is 0 Å². The molecule has 1 saturated heterocycles. The van der Waals surface area contributed by atoms with Gasteiger partial charge in [0, 0.05) is 6.04 Å². The number of hydrogen-bond acceptors (Lipinski definition) is 4. The van der Waals surface area contributed by atoms with Crippen molar-refractivity contribution < 1.29 is 13.9 Å². The van der Waals surface area contributed by atoms with Crippen LogP contribution in [0.5, 0.6) is 0 Å². The van der Waals surface area contributed by atoms with E-state index >= 15 is 0 Å². The predicted molar refractivity (Wildman–Crippen MR) is 73.1 cm³/mol. The molecule has 2 heterocycles. The molecule has 2 rings (SSSR count). The van der Waals surface area contributed by atoms with Crippen molar-refractivity contribution in [3.63, 3.8) is 0 Å². The monoisotopic (exact) mass is 265 g/mol. The van der Waals surface area contributed by atoms with Gasteiger partial charge in [-0.1, -0.05) is 13.3 Å².